The molecule has 0 saturated heterocycles. The van der Waals surface area contributed by atoms with Crippen LogP contribution in [0.2, 0.25) is 0 Å². The zero-order valence-corrected chi connectivity index (χ0v) is 12.8. The van der Waals surface area contributed by atoms with Gasteiger partial charge in [-0.3, -0.25) is 4.79 Å². The molecule has 2 aromatic rings. The van der Waals surface area contributed by atoms with Gasteiger partial charge in [0, 0.05) is 11.4 Å². The van der Waals surface area contributed by atoms with Crippen molar-refractivity contribution in [2.75, 3.05) is 13.3 Å². The number of amides is 1. The van der Waals surface area contributed by atoms with Crippen molar-refractivity contribution < 1.29 is 19.4 Å². The highest BCUT2D eigenvalue weighted by molar-refractivity contribution is 7.10. The first kappa shape index (κ1) is 14.9. The van der Waals surface area contributed by atoms with Crippen LogP contribution >= 0.6 is 11.3 Å². The molecule has 0 radical (unpaired) electrons. The number of hydrogen-bond acceptors (Lipinski definition) is 5. The Balaban J connectivity index is 1.46. The van der Waals surface area contributed by atoms with Crippen molar-refractivity contribution >= 4 is 17.2 Å². The van der Waals surface area contributed by atoms with E-state index >= 15 is 0 Å². The van der Waals surface area contributed by atoms with Crippen molar-refractivity contribution in [3.63, 3.8) is 0 Å². The molecule has 2 N–H and O–H groups in total. The molecule has 0 bridgehead atoms. The van der Waals surface area contributed by atoms with Gasteiger partial charge in [-0.25, -0.2) is 0 Å². The molecule has 0 spiro atoms. The molecular formula is C16H17NO4S. The third-order valence-corrected chi connectivity index (χ3v) is 4.31. The summed E-state index contributed by atoms with van der Waals surface area (Å²) in [5, 5.41) is 15.0. The van der Waals surface area contributed by atoms with E-state index in [1.54, 1.807) is 23.5 Å². The number of nitrogens with one attached hydrogen (secondary N) is 1. The van der Waals surface area contributed by atoms with Crippen LogP contribution in [0.25, 0.3) is 0 Å². The summed E-state index contributed by atoms with van der Waals surface area (Å²) >= 11 is 1.56. The molecule has 1 amide bonds. The van der Waals surface area contributed by atoms with Crippen molar-refractivity contribution in [1.29, 1.82) is 0 Å². The highest BCUT2D eigenvalue weighted by Gasteiger charge is 2.16. The molecule has 6 heteroatoms. The van der Waals surface area contributed by atoms with E-state index in [9.17, 15) is 9.90 Å². The largest absolute Gasteiger partial charge is 0.454 e. The molecule has 1 aliphatic rings. The van der Waals surface area contributed by atoms with E-state index in [0.29, 0.717) is 30.9 Å². The normalized spacial score (nSPS) is 13.9. The minimum atomic E-state index is -0.642. The fourth-order valence-corrected chi connectivity index (χ4v) is 2.97. The van der Waals surface area contributed by atoms with Gasteiger partial charge in [0.2, 0.25) is 12.7 Å². The summed E-state index contributed by atoms with van der Waals surface area (Å²) in [6, 6.07) is 9.24. The fourth-order valence-electron chi connectivity index (χ4n) is 2.27. The SMILES string of the molecule is O=C(Cc1cccs1)NCC[C@H](O)c1ccc2c(c1)OCO2. The van der Waals surface area contributed by atoms with E-state index in [-0.39, 0.29) is 12.7 Å². The first-order chi connectivity index (χ1) is 10.7. The van der Waals surface area contributed by atoms with Crippen LogP contribution in [0.15, 0.2) is 35.7 Å². The van der Waals surface area contributed by atoms with Gasteiger partial charge in [0.05, 0.1) is 12.5 Å². The second-order valence-corrected chi connectivity index (χ2v) is 6.06. The Morgan fingerprint density at radius 2 is 2.18 bits per heavy atom. The van der Waals surface area contributed by atoms with Gasteiger partial charge in [0.15, 0.2) is 11.5 Å². The van der Waals surface area contributed by atoms with E-state index in [1.165, 1.54) is 0 Å². The van der Waals surface area contributed by atoms with Gasteiger partial charge in [-0.05, 0) is 35.6 Å². The van der Waals surface area contributed by atoms with Gasteiger partial charge in [0.25, 0.3) is 0 Å². The Labute approximate surface area is 132 Å². The number of aliphatic hydroxyl groups excluding tert-OH is 1. The van der Waals surface area contributed by atoms with Gasteiger partial charge >= 0.3 is 0 Å². The highest BCUT2D eigenvalue weighted by Crippen LogP contribution is 2.34. The second kappa shape index (κ2) is 6.81. The Kier molecular flexibility index (Phi) is 4.60. The molecule has 116 valence electrons. The third-order valence-electron chi connectivity index (χ3n) is 3.44. The zero-order chi connectivity index (χ0) is 15.4. The Morgan fingerprint density at radius 1 is 1.32 bits per heavy atom. The number of thiophene rings is 1. The maximum absolute atomic E-state index is 11.8. The predicted octanol–water partition coefficient (Wildman–Crippen LogP) is 2.26. The third kappa shape index (κ3) is 3.58. The Morgan fingerprint density at radius 3 is 3.00 bits per heavy atom. The van der Waals surface area contributed by atoms with Crippen LogP contribution in [0, 0.1) is 0 Å². The van der Waals surface area contributed by atoms with Crippen LogP contribution in [-0.2, 0) is 11.2 Å². The van der Waals surface area contributed by atoms with Crippen LogP contribution in [0.5, 0.6) is 11.5 Å². The number of ether oxygens (including phenoxy) is 2. The van der Waals surface area contributed by atoms with Gasteiger partial charge < -0.3 is 19.9 Å². The summed E-state index contributed by atoms with van der Waals surface area (Å²) in [4.78, 5) is 12.8. The second-order valence-electron chi connectivity index (χ2n) is 5.02. The summed E-state index contributed by atoms with van der Waals surface area (Å²) < 4.78 is 10.5. The van der Waals surface area contributed by atoms with E-state index in [1.807, 2.05) is 23.6 Å². The molecule has 3 rings (SSSR count). The summed E-state index contributed by atoms with van der Waals surface area (Å²) in [5.74, 6) is 1.32. The molecule has 0 aliphatic carbocycles. The van der Waals surface area contributed by atoms with Crippen molar-refractivity contribution in [3.05, 3.63) is 46.2 Å². The molecule has 1 aromatic heterocycles. The van der Waals surface area contributed by atoms with Crippen LogP contribution in [0.4, 0.5) is 0 Å². The Hall–Kier alpha value is -2.05. The molecule has 5 nitrogen and oxygen atoms in total. The van der Waals surface area contributed by atoms with Crippen LogP contribution in [-0.4, -0.2) is 24.4 Å². The standard InChI is InChI=1S/C16H17NO4S/c18-13(11-3-4-14-15(8-11)21-10-20-14)5-6-17-16(19)9-12-2-1-7-22-12/h1-4,7-8,13,18H,5-6,9-10H2,(H,17,19)/t13-/m0/s1. The van der Waals surface area contributed by atoms with Gasteiger partial charge in [0.1, 0.15) is 0 Å². The lowest BCUT2D eigenvalue weighted by molar-refractivity contribution is -0.120. The van der Waals surface area contributed by atoms with E-state index in [4.69, 9.17) is 9.47 Å². The van der Waals surface area contributed by atoms with E-state index in [0.717, 1.165) is 10.4 Å². The maximum atomic E-state index is 11.8. The van der Waals surface area contributed by atoms with Crippen LogP contribution in [0.1, 0.15) is 23.0 Å². The molecule has 1 aromatic carbocycles. The number of hydrogen-bond donors (Lipinski definition) is 2. The molecule has 2 heterocycles. The number of benzene rings is 1. The van der Waals surface area contributed by atoms with Crippen molar-refractivity contribution in [2.24, 2.45) is 0 Å². The first-order valence-electron chi connectivity index (χ1n) is 7.09. The summed E-state index contributed by atoms with van der Waals surface area (Å²) in [6.07, 6.45) is 0.199. The quantitative estimate of drug-likeness (QED) is 0.857. The monoisotopic (exact) mass is 319 g/mol. The number of fused-ring (bicyclic) bond motifs is 1. The average Bonchev–Trinajstić information content (AvgIpc) is 3.17. The lowest BCUT2D eigenvalue weighted by atomic mass is 10.1. The minimum absolute atomic E-state index is 0.0275. The summed E-state index contributed by atoms with van der Waals surface area (Å²) in [6.45, 7) is 0.646. The topological polar surface area (TPSA) is 67.8 Å². The summed E-state index contributed by atoms with van der Waals surface area (Å²) in [5.41, 5.74) is 0.761. The minimum Gasteiger partial charge on any atom is -0.454 e. The zero-order valence-electron chi connectivity index (χ0n) is 12.0. The van der Waals surface area contributed by atoms with E-state index < -0.39 is 6.10 Å². The summed E-state index contributed by atoms with van der Waals surface area (Å²) in [7, 11) is 0. The van der Waals surface area contributed by atoms with Gasteiger partial charge in [-0.1, -0.05) is 12.1 Å². The maximum Gasteiger partial charge on any atom is 0.231 e. The lowest BCUT2D eigenvalue weighted by Crippen LogP contribution is -2.26. The van der Waals surface area contributed by atoms with Gasteiger partial charge in [-0.15, -0.1) is 11.3 Å². The number of carbonyl (C=O) groups is 1. The highest BCUT2D eigenvalue weighted by atomic mass is 32.1. The van der Waals surface area contributed by atoms with Crippen molar-refractivity contribution in [1.82, 2.24) is 5.32 Å². The fraction of sp³-hybridized carbons (Fsp3) is 0.312. The smallest absolute Gasteiger partial charge is 0.231 e. The van der Waals surface area contributed by atoms with E-state index in [2.05, 4.69) is 5.32 Å². The molecule has 22 heavy (non-hydrogen) atoms. The molecule has 1 aliphatic heterocycles. The number of rotatable bonds is 6. The molecule has 0 saturated carbocycles. The molecule has 1 atom stereocenters. The predicted molar refractivity (Wildman–Crippen MR) is 83.2 cm³/mol. The van der Waals surface area contributed by atoms with Crippen LogP contribution < -0.4 is 14.8 Å². The van der Waals surface area contributed by atoms with Crippen molar-refractivity contribution in [2.45, 2.75) is 18.9 Å². The molecule has 0 unspecified atom stereocenters. The van der Waals surface area contributed by atoms with Crippen molar-refractivity contribution in [3.8, 4) is 11.5 Å². The molecule has 0 fully saturated rings. The van der Waals surface area contributed by atoms with Gasteiger partial charge in [-0.2, -0.15) is 0 Å². The first-order valence-corrected chi connectivity index (χ1v) is 7.97. The average molecular weight is 319 g/mol. The lowest BCUT2D eigenvalue weighted by Gasteiger charge is -2.12. The van der Waals surface area contributed by atoms with Crippen LogP contribution in [0.3, 0.4) is 0 Å². The molecular weight excluding hydrogens is 302 g/mol. The number of aliphatic hydroxyl groups is 1. The Bertz CT molecular complexity index is 642. The number of carbonyl (C=O) groups excluding carboxylic acids is 1.